The Morgan fingerprint density at radius 1 is 1.47 bits per heavy atom. The van der Waals surface area contributed by atoms with Gasteiger partial charge in [-0.1, -0.05) is 6.07 Å². The summed E-state index contributed by atoms with van der Waals surface area (Å²) in [5.74, 6) is -0.373. The number of nitrogens with zero attached hydrogens (tertiary/aromatic N) is 3. The molecule has 0 saturated carbocycles. The summed E-state index contributed by atoms with van der Waals surface area (Å²) in [5.41, 5.74) is 0. The predicted octanol–water partition coefficient (Wildman–Crippen LogP) is 1.05. The van der Waals surface area contributed by atoms with Crippen LogP contribution in [0, 0.1) is 11.3 Å². The molecule has 1 aliphatic rings. The van der Waals surface area contributed by atoms with Gasteiger partial charge in [0.05, 0.1) is 12.0 Å². The molecule has 0 spiro atoms. The van der Waals surface area contributed by atoms with Crippen LogP contribution < -0.4 is 0 Å². The van der Waals surface area contributed by atoms with Crippen molar-refractivity contribution in [2.24, 2.45) is 0 Å². The molecule has 1 unspecified atom stereocenters. The first kappa shape index (κ1) is 13.6. The number of hydrogen-bond acceptors (Lipinski definition) is 4. The van der Waals surface area contributed by atoms with Crippen LogP contribution in [-0.4, -0.2) is 48.3 Å². The van der Waals surface area contributed by atoms with Gasteiger partial charge in [0.15, 0.2) is 0 Å². The number of carbonyl (C=O) groups is 2. The van der Waals surface area contributed by atoms with Gasteiger partial charge in [0.2, 0.25) is 12.3 Å². The van der Waals surface area contributed by atoms with Crippen LogP contribution >= 0.6 is 11.3 Å². The molecular weight excluding hydrogens is 262 g/mol. The fourth-order valence-corrected chi connectivity index (χ4v) is 2.85. The number of carbonyl (C=O) groups excluding carboxylic acids is 2. The summed E-state index contributed by atoms with van der Waals surface area (Å²) in [6, 6.07) is 5.96. The molecule has 6 heteroatoms. The van der Waals surface area contributed by atoms with Crippen LogP contribution in [0.4, 0.5) is 0 Å². The van der Waals surface area contributed by atoms with E-state index in [4.69, 9.17) is 5.26 Å². The van der Waals surface area contributed by atoms with Crippen LogP contribution in [0.25, 0.3) is 0 Å². The highest BCUT2D eigenvalue weighted by molar-refractivity contribution is 7.10. The maximum atomic E-state index is 12.1. The Morgan fingerprint density at radius 3 is 2.74 bits per heavy atom. The van der Waals surface area contributed by atoms with E-state index in [-0.39, 0.29) is 18.2 Å². The maximum Gasteiger partial charge on any atom is 0.224 e. The van der Waals surface area contributed by atoms with Crippen LogP contribution in [-0.2, 0) is 9.59 Å². The molecule has 1 fully saturated rings. The fraction of sp³-hybridized carbons (Fsp3) is 0.462. The lowest BCUT2D eigenvalue weighted by molar-refractivity contribution is -0.135. The Labute approximate surface area is 116 Å². The average molecular weight is 277 g/mol. The van der Waals surface area contributed by atoms with Crippen LogP contribution in [0.15, 0.2) is 17.5 Å². The minimum atomic E-state index is -0.364. The molecule has 0 aliphatic carbocycles. The Balaban J connectivity index is 1.91. The normalized spacial score (nSPS) is 16.8. The number of rotatable bonds is 4. The average Bonchev–Trinajstić information content (AvgIpc) is 2.98. The monoisotopic (exact) mass is 277 g/mol. The van der Waals surface area contributed by atoms with Crippen molar-refractivity contribution in [3.8, 4) is 6.07 Å². The predicted molar refractivity (Wildman–Crippen MR) is 71.5 cm³/mol. The highest BCUT2D eigenvalue weighted by Gasteiger charge is 2.24. The van der Waals surface area contributed by atoms with E-state index in [0.29, 0.717) is 26.2 Å². The summed E-state index contributed by atoms with van der Waals surface area (Å²) < 4.78 is 0. The standard InChI is InChI=1S/C13H15N3O2S/c14-9-11(12-2-1-7-19-12)8-13(18)16-5-3-15(10-17)4-6-16/h1-2,7,10-11H,3-6,8H2. The van der Waals surface area contributed by atoms with Gasteiger partial charge in [-0.2, -0.15) is 5.26 Å². The number of hydrogen-bond donors (Lipinski definition) is 0. The second-order valence-corrected chi connectivity index (χ2v) is 5.40. The summed E-state index contributed by atoms with van der Waals surface area (Å²) in [7, 11) is 0. The van der Waals surface area contributed by atoms with Crippen molar-refractivity contribution < 1.29 is 9.59 Å². The van der Waals surface area contributed by atoms with Crippen molar-refractivity contribution in [1.29, 1.82) is 5.26 Å². The molecule has 0 radical (unpaired) electrons. The number of thiophene rings is 1. The van der Waals surface area contributed by atoms with E-state index in [2.05, 4.69) is 6.07 Å². The van der Waals surface area contributed by atoms with Crippen LogP contribution in [0.1, 0.15) is 17.2 Å². The zero-order valence-corrected chi connectivity index (χ0v) is 11.3. The van der Waals surface area contributed by atoms with Gasteiger partial charge in [-0.05, 0) is 11.4 Å². The minimum Gasteiger partial charge on any atom is -0.342 e. The zero-order chi connectivity index (χ0) is 13.7. The van der Waals surface area contributed by atoms with E-state index < -0.39 is 0 Å². The Bertz CT molecular complexity index is 473. The maximum absolute atomic E-state index is 12.1. The zero-order valence-electron chi connectivity index (χ0n) is 10.5. The van der Waals surface area contributed by atoms with Crippen molar-refractivity contribution >= 4 is 23.7 Å². The highest BCUT2D eigenvalue weighted by atomic mass is 32.1. The van der Waals surface area contributed by atoms with Crippen molar-refractivity contribution in [2.45, 2.75) is 12.3 Å². The smallest absolute Gasteiger partial charge is 0.224 e. The molecule has 1 aromatic heterocycles. The molecule has 19 heavy (non-hydrogen) atoms. The summed E-state index contributed by atoms with van der Waals surface area (Å²) >= 11 is 1.50. The number of piperazine rings is 1. The van der Waals surface area contributed by atoms with E-state index >= 15 is 0 Å². The SMILES string of the molecule is N#CC(CC(=O)N1CCN(C=O)CC1)c1cccs1. The summed E-state index contributed by atoms with van der Waals surface area (Å²) in [4.78, 5) is 27.1. The van der Waals surface area contributed by atoms with Gasteiger partial charge in [0.25, 0.3) is 0 Å². The summed E-state index contributed by atoms with van der Waals surface area (Å²) in [6.45, 7) is 2.26. The molecule has 5 nitrogen and oxygen atoms in total. The van der Waals surface area contributed by atoms with Gasteiger partial charge >= 0.3 is 0 Å². The van der Waals surface area contributed by atoms with Crippen molar-refractivity contribution in [2.75, 3.05) is 26.2 Å². The minimum absolute atomic E-state index is 0.00880. The third-order valence-electron chi connectivity index (χ3n) is 3.24. The van der Waals surface area contributed by atoms with Crippen molar-refractivity contribution in [1.82, 2.24) is 9.80 Å². The highest BCUT2D eigenvalue weighted by Crippen LogP contribution is 2.24. The molecule has 0 N–H and O–H groups in total. The molecular formula is C13H15N3O2S. The lowest BCUT2D eigenvalue weighted by Crippen LogP contribution is -2.48. The van der Waals surface area contributed by atoms with Gasteiger partial charge in [0.1, 0.15) is 0 Å². The first-order valence-corrected chi connectivity index (χ1v) is 7.02. The summed E-state index contributed by atoms with van der Waals surface area (Å²) in [5, 5.41) is 11.1. The Hall–Kier alpha value is -1.87. The molecule has 1 saturated heterocycles. The topological polar surface area (TPSA) is 64.4 Å². The van der Waals surface area contributed by atoms with Gasteiger partial charge in [-0.25, -0.2) is 0 Å². The van der Waals surface area contributed by atoms with E-state index in [1.165, 1.54) is 11.3 Å². The van der Waals surface area contributed by atoms with Gasteiger partial charge in [-0.15, -0.1) is 11.3 Å². The Morgan fingerprint density at radius 2 is 2.21 bits per heavy atom. The first-order valence-electron chi connectivity index (χ1n) is 6.14. The lowest BCUT2D eigenvalue weighted by Gasteiger charge is -2.32. The van der Waals surface area contributed by atoms with Crippen LogP contribution in [0.5, 0.6) is 0 Å². The van der Waals surface area contributed by atoms with E-state index in [1.54, 1.807) is 9.80 Å². The van der Waals surface area contributed by atoms with Crippen LogP contribution in [0.3, 0.4) is 0 Å². The molecule has 1 aliphatic heterocycles. The number of nitriles is 1. The quantitative estimate of drug-likeness (QED) is 0.773. The molecule has 1 atom stereocenters. The fourth-order valence-electron chi connectivity index (χ4n) is 2.08. The van der Waals surface area contributed by atoms with Crippen molar-refractivity contribution in [3.05, 3.63) is 22.4 Å². The second kappa shape index (κ2) is 6.34. The third kappa shape index (κ3) is 3.32. The molecule has 0 aromatic carbocycles. The van der Waals surface area contributed by atoms with E-state index in [9.17, 15) is 9.59 Å². The third-order valence-corrected chi connectivity index (χ3v) is 4.22. The Kier molecular flexibility index (Phi) is 4.53. The lowest BCUT2D eigenvalue weighted by atomic mass is 10.0. The van der Waals surface area contributed by atoms with Crippen LogP contribution in [0.2, 0.25) is 0 Å². The molecule has 0 bridgehead atoms. The molecule has 2 rings (SSSR count). The molecule has 2 heterocycles. The van der Waals surface area contributed by atoms with Gasteiger partial charge in [-0.3, -0.25) is 9.59 Å². The summed E-state index contributed by atoms with van der Waals surface area (Å²) in [6.07, 6.45) is 1.03. The largest absolute Gasteiger partial charge is 0.342 e. The van der Waals surface area contributed by atoms with Crippen molar-refractivity contribution in [3.63, 3.8) is 0 Å². The molecule has 100 valence electrons. The molecule has 2 amide bonds. The van der Waals surface area contributed by atoms with E-state index in [0.717, 1.165) is 11.3 Å². The van der Waals surface area contributed by atoms with Gasteiger partial charge in [0, 0.05) is 37.5 Å². The van der Waals surface area contributed by atoms with Gasteiger partial charge < -0.3 is 9.80 Å². The first-order chi connectivity index (χ1) is 9.24. The second-order valence-electron chi connectivity index (χ2n) is 4.42. The number of amides is 2. The molecule has 1 aromatic rings. The van der Waals surface area contributed by atoms with E-state index in [1.807, 2.05) is 17.5 Å².